The van der Waals surface area contributed by atoms with Crippen molar-refractivity contribution in [1.82, 2.24) is 10.2 Å². The van der Waals surface area contributed by atoms with Crippen molar-refractivity contribution >= 4 is 35.2 Å². The van der Waals surface area contributed by atoms with Crippen LogP contribution < -0.4 is 5.32 Å². The molecule has 0 aliphatic carbocycles. The number of carbonyl (C=O) groups is 2. The topological polar surface area (TPSA) is 49.4 Å². The van der Waals surface area contributed by atoms with Crippen LogP contribution in [0.3, 0.4) is 0 Å². The van der Waals surface area contributed by atoms with Gasteiger partial charge in [0.1, 0.15) is 6.04 Å². The SMILES string of the molecule is CC[C@@H](C)NC(=O)[C@@H](C)N(Cc1ccccc1Cl)C(=O)CSc1ccccc1. The smallest absolute Gasteiger partial charge is 0.242 e. The number of halogens is 1. The molecule has 0 aromatic heterocycles. The highest BCUT2D eigenvalue weighted by Gasteiger charge is 2.27. The monoisotopic (exact) mass is 418 g/mol. The van der Waals surface area contributed by atoms with Gasteiger partial charge in [-0.15, -0.1) is 11.8 Å². The van der Waals surface area contributed by atoms with Gasteiger partial charge in [0.15, 0.2) is 0 Å². The molecule has 150 valence electrons. The number of rotatable bonds is 9. The van der Waals surface area contributed by atoms with Crippen molar-refractivity contribution < 1.29 is 9.59 Å². The highest BCUT2D eigenvalue weighted by molar-refractivity contribution is 8.00. The first-order valence-electron chi connectivity index (χ1n) is 9.43. The number of hydrogen-bond acceptors (Lipinski definition) is 3. The van der Waals surface area contributed by atoms with Crippen molar-refractivity contribution in [2.45, 2.75) is 50.7 Å². The fourth-order valence-corrected chi connectivity index (χ4v) is 3.60. The third-order valence-corrected chi connectivity index (χ3v) is 5.94. The molecule has 28 heavy (non-hydrogen) atoms. The Morgan fingerprint density at radius 3 is 2.36 bits per heavy atom. The van der Waals surface area contributed by atoms with E-state index in [9.17, 15) is 9.59 Å². The van der Waals surface area contributed by atoms with Gasteiger partial charge < -0.3 is 10.2 Å². The van der Waals surface area contributed by atoms with Crippen LogP contribution in [0.4, 0.5) is 0 Å². The van der Waals surface area contributed by atoms with Crippen molar-refractivity contribution in [3.05, 3.63) is 65.2 Å². The van der Waals surface area contributed by atoms with Crippen molar-refractivity contribution in [3.63, 3.8) is 0 Å². The maximum Gasteiger partial charge on any atom is 0.242 e. The molecule has 6 heteroatoms. The van der Waals surface area contributed by atoms with Gasteiger partial charge >= 0.3 is 0 Å². The van der Waals surface area contributed by atoms with Crippen LogP contribution in [-0.4, -0.2) is 34.6 Å². The second kappa shape index (κ2) is 11.1. The molecule has 0 aliphatic heterocycles. The molecular formula is C22H27ClN2O2S. The third-order valence-electron chi connectivity index (χ3n) is 4.57. The van der Waals surface area contributed by atoms with E-state index in [0.717, 1.165) is 16.9 Å². The maximum absolute atomic E-state index is 13.0. The van der Waals surface area contributed by atoms with Crippen LogP contribution in [0.5, 0.6) is 0 Å². The summed E-state index contributed by atoms with van der Waals surface area (Å²) in [6.45, 7) is 6.03. The predicted octanol–water partition coefficient (Wildman–Crippen LogP) is 4.76. The molecule has 0 aliphatic rings. The van der Waals surface area contributed by atoms with Crippen LogP contribution in [0.15, 0.2) is 59.5 Å². The number of nitrogens with one attached hydrogen (secondary N) is 1. The van der Waals surface area contributed by atoms with Gasteiger partial charge in [-0.05, 0) is 44.0 Å². The van der Waals surface area contributed by atoms with Crippen LogP contribution in [0, 0.1) is 0 Å². The minimum absolute atomic E-state index is 0.0610. The van der Waals surface area contributed by atoms with Gasteiger partial charge in [0.05, 0.1) is 5.75 Å². The summed E-state index contributed by atoms with van der Waals surface area (Å²) < 4.78 is 0. The van der Waals surface area contributed by atoms with Gasteiger partial charge in [0.2, 0.25) is 11.8 Å². The fraction of sp³-hybridized carbons (Fsp3) is 0.364. The minimum Gasteiger partial charge on any atom is -0.352 e. The number of amides is 2. The largest absolute Gasteiger partial charge is 0.352 e. The van der Waals surface area contributed by atoms with E-state index in [1.54, 1.807) is 17.9 Å². The first-order valence-corrected chi connectivity index (χ1v) is 10.8. The maximum atomic E-state index is 13.0. The average Bonchev–Trinajstić information content (AvgIpc) is 2.71. The number of thioether (sulfide) groups is 1. The zero-order valence-electron chi connectivity index (χ0n) is 16.5. The van der Waals surface area contributed by atoms with Gasteiger partial charge in [0, 0.05) is 22.5 Å². The molecule has 1 N–H and O–H groups in total. The Hall–Kier alpha value is -1.98. The van der Waals surface area contributed by atoms with E-state index in [4.69, 9.17) is 11.6 Å². The molecular weight excluding hydrogens is 392 g/mol. The molecule has 2 amide bonds. The van der Waals surface area contributed by atoms with Crippen LogP contribution in [0.1, 0.15) is 32.8 Å². The molecule has 0 spiro atoms. The first kappa shape index (κ1) is 22.3. The van der Waals surface area contributed by atoms with Crippen molar-refractivity contribution in [3.8, 4) is 0 Å². The quantitative estimate of drug-likeness (QED) is 0.597. The molecule has 2 rings (SSSR count). The van der Waals surface area contributed by atoms with Gasteiger partial charge in [0.25, 0.3) is 0 Å². The lowest BCUT2D eigenvalue weighted by Crippen LogP contribution is -2.50. The van der Waals surface area contributed by atoms with Crippen molar-refractivity contribution in [2.24, 2.45) is 0 Å². The van der Waals surface area contributed by atoms with E-state index >= 15 is 0 Å². The first-order chi connectivity index (χ1) is 13.4. The molecule has 0 fully saturated rings. The lowest BCUT2D eigenvalue weighted by molar-refractivity contribution is -0.138. The molecule has 0 radical (unpaired) electrons. The Kier molecular flexibility index (Phi) is 8.87. The second-order valence-electron chi connectivity index (χ2n) is 6.71. The van der Waals surface area contributed by atoms with E-state index in [-0.39, 0.29) is 23.6 Å². The summed E-state index contributed by atoms with van der Waals surface area (Å²) in [6, 6.07) is 16.6. The van der Waals surface area contributed by atoms with E-state index < -0.39 is 6.04 Å². The third kappa shape index (κ3) is 6.57. The van der Waals surface area contributed by atoms with E-state index in [0.29, 0.717) is 11.6 Å². The minimum atomic E-state index is -0.589. The molecule has 2 aromatic rings. The Bertz CT molecular complexity index is 785. The Morgan fingerprint density at radius 2 is 1.71 bits per heavy atom. The molecule has 0 bridgehead atoms. The van der Waals surface area contributed by atoms with Crippen molar-refractivity contribution in [2.75, 3.05) is 5.75 Å². The summed E-state index contributed by atoms with van der Waals surface area (Å²) in [5, 5.41) is 3.55. The Morgan fingerprint density at radius 1 is 1.07 bits per heavy atom. The summed E-state index contributed by atoms with van der Waals surface area (Å²) in [4.78, 5) is 28.3. The van der Waals surface area contributed by atoms with E-state index in [1.807, 2.05) is 62.4 Å². The zero-order chi connectivity index (χ0) is 20.5. The summed E-state index contributed by atoms with van der Waals surface area (Å²) in [5.74, 6) is 0.00938. The molecule has 0 saturated carbocycles. The Labute approximate surface area is 176 Å². The molecule has 2 atom stereocenters. The highest BCUT2D eigenvalue weighted by Crippen LogP contribution is 2.22. The average molecular weight is 419 g/mol. The number of hydrogen-bond donors (Lipinski definition) is 1. The number of benzene rings is 2. The van der Waals surface area contributed by atoms with Crippen LogP contribution in [-0.2, 0) is 16.1 Å². The molecule has 2 aromatic carbocycles. The van der Waals surface area contributed by atoms with Gasteiger partial charge in [-0.25, -0.2) is 0 Å². The number of carbonyl (C=O) groups excluding carboxylic acids is 2. The fourth-order valence-electron chi connectivity index (χ4n) is 2.60. The zero-order valence-corrected chi connectivity index (χ0v) is 18.1. The van der Waals surface area contributed by atoms with Gasteiger partial charge in [-0.2, -0.15) is 0 Å². The molecule has 0 unspecified atom stereocenters. The summed E-state index contributed by atoms with van der Waals surface area (Å²) in [7, 11) is 0. The van der Waals surface area contributed by atoms with E-state index in [2.05, 4.69) is 5.32 Å². The Balaban J connectivity index is 2.15. The van der Waals surface area contributed by atoms with Gasteiger partial charge in [-0.1, -0.05) is 54.9 Å². The van der Waals surface area contributed by atoms with Crippen LogP contribution >= 0.6 is 23.4 Å². The molecule has 0 saturated heterocycles. The van der Waals surface area contributed by atoms with Crippen LogP contribution in [0.25, 0.3) is 0 Å². The summed E-state index contributed by atoms with van der Waals surface area (Å²) in [6.07, 6.45) is 0.834. The van der Waals surface area contributed by atoms with Gasteiger partial charge in [-0.3, -0.25) is 9.59 Å². The summed E-state index contributed by atoms with van der Waals surface area (Å²) >= 11 is 7.76. The van der Waals surface area contributed by atoms with Crippen molar-refractivity contribution in [1.29, 1.82) is 0 Å². The predicted molar refractivity (Wildman–Crippen MR) is 117 cm³/mol. The highest BCUT2D eigenvalue weighted by atomic mass is 35.5. The number of nitrogens with zero attached hydrogens (tertiary/aromatic N) is 1. The lowest BCUT2D eigenvalue weighted by atomic mass is 10.1. The second-order valence-corrected chi connectivity index (χ2v) is 8.16. The van der Waals surface area contributed by atoms with E-state index in [1.165, 1.54) is 11.8 Å². The standard InChI is InChI=1S/C22H27ClN2O2S/c1-4-16(2)24-22(27)17(3)25(14-18-10-8-9-13-20(18)23)21(26)15-28-19-11-6-5-7-12-19/h5-13,16-17H,4,14-15H2,1-3H3,(H,24,27)/t16-,17-/m1/s1. The molecule has 0 heterocycles. The normalized spacial score (nSPS) is 12.9. The molecule has 4 nitrogen and oxygen atoms in total. The van der Waals surface area contributed by atoms with Crippen LogP contribution in [0.2, 0.25) is 5.02 Å². The summed E-state index contributed by atoms with van der Waals surface area (Å²) in [5.41, 5.74) is 0.824. The lowest BCUT2D eigenvalue weighted by Gasteiger charge is -2.30.